The number of sulfonamides is 1. The van der Waals surface area contributed by atoms with Crippen LogP contribution < -0.4 is 5.32 Å². The van der Waals surface area contributed by atoms with Crippen molar-refractivity contribution in [2.75, 3.05) is 11.9 Å². The Bertz CT molecular complexity index is 1130. The van der Waals surface area contributed by atoms with E-state index in [1.807, 2.05) is 25.1 Å². The number of hydrogen-bond acceptors (Lipinski definition) is 3. The van der Waals surface area contributed by atoms with E-state index in [1.165, 1.54) is 12.1 Å². The molecule has 30 heavy (non-hydrogen) atoms. The molecule has 0 fully saturated rings. The van der Waals surface area contributed by atoms with E-state index in [0.717, 1.165) is 19.9 Å². The van der Waals surface area contributed by atoms with Crippen LogP contribution >= 0.6 is 27.5 Å². The van der Waals surface area contributed by atoms with Crippen LogP contribution in [0, 0.1) is 6.92 Å². The Labute approximate surface area is 189 Å². The molecule has 1 amide bonds. The van der Waals surface area contributed by atoms with Crippen molar-refractivity contribution >= 4 is 49.1 Å². The third kappa shape index (κ3) is 5.92. The third-order valence-electron chi connectivity index (χ3n) is 4.35. The van der Waals surface area contributed by atoms with Gasteiger partial charge in [0.15, 0.2) is 0 Å². The van der Waals surface area contributed by atoms with E-state index in [1.54, 1.807) is 42.5 Å². The fraction of sp³-hybridized carbons (Fsp3) is 0.136. The monoisotopic (exact) mass is 506 g/mol. The van der Waals surface area contributed by atoms with Crippen LogP contribution in [-0.2, 0) is 21.4 Å². The zero-order valence-electron chi connectivity index (χ0n) is 16.2. The second-order valence-corrected chi connectivity index (χ2v) is 10.1. The van der Waals surface area contributed by atoms with Crippen LogP contribution in [0.3, 0.4) is 0 Å². The first-order valence-electron chi connectivity index (χ1n) is 9.11. The van der Waals surface area contributed by atoms with Crippen molar-refractivity contribution in [3.8, 4) is 0 Å². The number of benzene rings is 3. The average Bonchev–Trinajstić information content (AvgIpc) is 2.69. The first-order chi connectivity index (χ1) is 14.2. The van der Waals surface area contributed by atoms with Gasteiger partial charge in [-0.2, -0.15) is 4.31 Å². The van der Waals surface area contributed by atoms with Gasteiger partial charge in [-0.1, -0.05) is 51.8 Å². The molecule has 3 aromatic carbocycles. The summed E-state index contributed by atoms with van der Waals surface area (Å²) in [6.45, 7) is 1.63. The van der Waals surface area contributed by atoms with Gasteiger partial charge in [-0.3, -0.25) is 4.79 Å². The maximum absolute atomic E-state index is 13.3. The number of halogens is 2. The summed E-state index contributed by atoms with van der Waals surface area (Å²) in [5.41, 5.74) is 2.34. The zero-order chi connectivity index (χ0) is 21.7. The van der Waals surface area contributed by atoms with E-state index in [-0.39, 0.29) is 18.0 Å². The van der Waals surface area contributed by atoms with Crippen LogP contribution in [0.15, 0.2) is 82.2 Å². The van der Waals surface area contributed by atoms with E-state index >= 15 is 0 Å². The van der Waals surface area contributed by atoms with Crippen LogP contribution in [0.5, 0.6) is 0 Å². The number of nitrogens with zero attached hydrogens (tertiary/aromatic N) is 1. The van der Waals surface area contributed by atoms with E-state index in [9.17, 15) is 13.2 Å². The molecule has 156 valence electrons. The number of nitrogens with one attached hydrogen (secondary N) is 1. The molecule has 5 nitrogen and oxygen atoms in total. The normalized spacial score (nSPS) is 11.5. The second-order valence-electron chi connectivity index (χ2n) is 6.77. The second kappa shape index (κ2) is 9.75. The Morgan fingerprint density at radius 2 is 1.70 bits per heavy atom. The van der Waals surface area contributed by atoms with Gasteiger partial charge in [-0.05, 0) is 66.6 Å². The number of rotatable bonds is 7. The minimum absolute atomic E-state index is 0.0385. The lowest BCUT2D eigenvalue weighted by atomic mass is 10.2. The molecule has 3 rings (SSSR count). The average molecular weight is 508 g/mol. The summed E-state index contributed by atoms with van der Waals surface area (Å²) in [6.07, 6.45) is 0. The Morgan fingerprint density at radius 1 is 1.03 bits per heavy atom. The van der Waals surface area contributed by atoms with Crippen LogP contribution in [-0.4, -0.2) is 25.2 Å². The summed E-state index contributed by atoms with van der Waals surface area (Å²) in [4.78, 5) is 12.8. The van der Waals surface area contributed by atoms with Crippen molar-refractivity contribution in [2.45, 2.75) is 18.4 Å². The molecular weight excluding hydrogens is 488 g/mol. The number of amides is 1. The first kappa shape index (κ1) is 22.5. The smallest absolute Gasteiger partial charge is 0.243 e. The molecule has 1 N–H and O–H groups in total. The van der Waals surface area contributed by atoms with Gasteiger partial charge in [-0.15, -0.1) is 0 Å². The molecule has 0 radical (unpaired) electrons. The lowest BCUT2D eigenvalue weighted by molar-refractivity contribution is -0.116. The van der Waals surface area contributed by atoms with Gasteiger partial charge in [0.2, 0.25) is 15.9 Å². The minimum Gasteiger partial charge on any atom is -0.325 e. The van der Waals surface area contributed by atoms with E-state index in [0.29, 0.717) is 10.7 Å². The summed E-state index contributed by atoms with van der Waals surface area (Å²) in [5, 5.41) is 3.32. The quantitative estimate of drug-likeness (QED) is 0.475. The zero-order valence-corrected chi connectivity index (χ0v) is 19.3. The highest BCUT2D eigenvalue weighted by molar-refractivity contribution is 9.10. The number of anilines is 1. The maximum atomic E-state index is 13.3. The predicted molar refractivity (Wildman–Crippen MR) is 123 cm³/mol. The number of hydrogen-bond donors (Lipinski definition) is 1. The Hall–Kier alpha value is -2.19. The van der Waals surface area contributed by atoms with Gasteiger partial charge in [0.05, 0.1) is 11.4 Å². The Balaban J connectivity index is 1.87. The van der Waals surface area contributed by atoms with Gasteiger partial charge in [0.1, 0.15) is 0 Å². The summed E-state index contributed by atoms with van der Waals surface area (Å²) in [7, 11) is -3.90. The van der Waals surface area contributed by atoms with Gasteiger partial charge in [0, 0.05) is 21.7 Å². The fourth-order valence-electron chi connectivity index (χ4n) is 2.86. The van der Waals surface area contributed by atoms with Gasteiger partial charge in [0.25, 0.3) is 0 Å². The molecule has 0 spiro atoms. The van der Waals surface area contributed by atoms with Gasteiger partial charge >= 0.3 is 0 Å². The van der Waals surface area contributed by atoms with Crippen molar-refractivity contribution in [1.29, 1.82) is 0 Å². The molecule has 0 aliphatic rings. The standard InChI is InChI=1S/C22H20BrClN2O3S/c1-16-3-2-4-20(13-16)25-22(27)15-26(14-17-5-9-19(24)10-6-17)30(28,29)21-11-7-18(23)8-12-21/h2-13H,14-15H2,1H3,(H,25,27). The predicted octanol–water partition coefficient (Wildman–Crippen LogP) is 5.24. The molecule has 0 atom stereocenters. The molecule has 0 aliphatic heterocycles. The molecule has 3 aromatic rings. The van der Waals surface area contributed by atoms with E-state index in [4.69, 9.17) is 11.6 Å². The summed E-state index contributed by atoms with van der Waals surface area (Å²) in [6, 6.07) is 20.5. The summed E-state index contributed by atoms with van der Waals surface area (Å²) < 4.78 is 28.4. The molecule has 0 unspecified atom stereocenters. The molecule has 8 heteroatoms. The largest absolute Gasteiger partial charge is 0.325 e. The minimum atomic E-state index is -3.90. The molecule has 0 heterocycles. The van der Waals surface area contributed by atoms with Crippen molar-refractivity contribution in [3.63, 3.8) is 0 Å². The number of carbonyl (C=O) groups is 1. The van der Waals surface area contributed by atoms with Crippen molar-refractivity contribution in [1.82, 2.24) is 4.31 Å². The van der Waals surface area contributed by atoms with Crippen LogP contribution in [0.25, 0.3) is 0 Å². The van der Waals surface area contributed by atoms with E-state index in [2.05, 4.69) is 21.2 Å². The molecular formula is C22H20BrClN2O3S. The van der Waals surface area contributed by atoms with E-state index < -0.39 is 15.9 Å². The Kier molecular flexibility index (Phi) is 7.31. The number of aryl methyl sites for hydroxylation is 1. The third-order valence-corrected chi connectivity index (χ3v) is 6.93. The van der Waals surface area contributed by atoms with Gasteiger partial charge < -0.3 is 5.32 Å². The van der Waals surface area contributed by atoms with Crippen LogP contribution in [0.1, 0.15) is 11.1 Å². The highest BCUT2D eigenvalue weighted by Crippen LogP contribution is 2.22. The lowest BCUT2D eigenvalue weighted by Gasteiger charge is -2.22. The first-order valence-corrected chi connectivity index (χ1v) is 11.7. The molecule has 0 bridgehead atoms. The fourth-order valence-corrected chi connectivity index (χ4v) is 4.63. The molecule has 0 aliphatic carbocycles. The summed E-state index contributed by atoms with van der Waals surface area (Å²) in [5.74, 6) is -0.421. The highest BCUT2D eigenvalue weighted by atomic mass is 79.9. The molecule has 0 saturated carbocycles. The Morgan fingerprint density at radius 3 is 2.33 bits per heavy atom. The van der Waals surface area contributed by atoms with Crippen molar-refractivity contribution in [3.05, 3.63) is 93.4 Å². The number of carbonyl (C=O) groups excluding carboxylic acids is 1. The topological polar surface area (TPSA) is 66.5 Å². The van der Waals surface area contributed by atoms with Crippen LogP contribution in [0.4, 0.5) is 5.69 Å². The molecule has 0 saturated heterocycles. The highest BCUT2D eigenvalue weighted by Gasteiger charge is 2.27. The summed E-state index contributed by atoms with van der Waals surface area (Å²) >= 11 is 9.24. The van der Waals surface area contributed by atoms with Crippen LogP contribution in [0.2, 0.25) is 5.02 Å². The maximum Gasteiger partial charge on any atom is 0.243 e. The lowest BCUT2D eigenvalue weighted by Crippen LogP contribution is -2.37. The van der Waals surface area contributed by atoms with Crippen molar-refractivity contribution in [2.24, 2.45) is 0 Å². The molecule has 0 aromatic heterocycles. The van der Waals surface area contributed by atoms with Gasteiger partial charge in [-0.25, -0.2) is 8.42 Å². The van der Waals surface area contributed by atoms with Crippen molar-refractivity contribution < 1.29 is 13.2 Å². The SMILES string of the molecule is Cc1cccc(NC(=O)CN(Cc2ccc(Cl)cc2)S(=O)(=O)c2ccc(Br)cc2)c1.